The highest BCUT2D eigenvalue weighted by Gasteiger charge is 2.34. The minimum atomic E-state index is -2.54. The predicted octanol–water partition coefficient (Wildman–Crippen LogP) is 5.56. The third kappa shape index (κ3) is 7.16. The zero-order valence-corrected chi connectivity index (χ0v) is 12.2. The quantitative estimate of drug-likeness (QED) is 0.247. The van der Waals surface area contributed by atoms with Gasteiger partial charge in [0.2, 0.25) is 0 Å². The number of allylic oxidation sites excluding steroid dienone is 2. The summed E-state index contributed by atoms with van der Waals surface area (Å²) in [6.07, 6.45) is 10.0. The Hall–Kier alpha value is 0.827. The Bertz CT molecular complexity index is 163. The molecule has 0 heterocycles. The van der Waals surface area contributed by atoms with Crippen molar-refractivity contribution in [3.63, 3.8) is 0 Å². The van der Waals surface area contributed by atoms with Crippen molar-refractivity contribution in [2.75, 3.05) is 0 Å². The van der Waals surface area contributed by atoms with Crippen LogP contribution in [0.5, 0.6) is 0 Å². The van der Waals surface area contributed by atoms with E-state index in [-0.39, 0.29) is 5.54 Å². The summed E-state index contributed by atoms with van der Waals surface area (Å²) in [5, 5.41) is 0. The van der Waals surface area contributed by atoms with Gasteiger partial charge in [0.25, 0.3) is 0 Å². The van der Waals surface area contributed by atoms with Crippen LogP contribution < -0.4 is 0 Å². The maximum atomic E-state index is 6.01. The van der Waals surface area contributed by atoms with Crippen LogP contribution in [0.1, 0.15) is 46.0 Å². The van der Waals surface area contributed by atoms with Gasteiger partial charge in [-0.1, -0.05) is 44.8 Å². The molecule has 4 heteroatoms. The van der Waals surface area contributed by atoms with Gasteiger partial charge in [-0.05, 0) is 13.3 Å². The summed E-state index contributed by atoms with van der Waals surface area (Å²) in [4.78, 5) is 0. The van der Waals surface area contributed by atoms with Gasteiger partial charge in [-0.25, -0.2) is 0 Å². The molecule has 0 aromatic heterocycles. The first-order valence-corrected chi connectivity index (χ1v) is 10.3. The topological polar surface area (TPSA) is 0 Å². The molecule has 0 bridgehead atoms. The van der Waals surface area contributed by atoms with Gasteiger partial charge in [-0.3, -0.25) is 0 Å². The van der Waals surface area contributed by atoms with Crippen LogP contribution in [0.2, 0.25) is 5.54 Å². The minimum Gasteiger partial charge on any atom is -0.125 e. The number of hydrogen-bond donors (Lipinski definition) is 0. The maximum absolute atomic E-state index is 6.01. The van der Waals surface area contributed by atoms with Crippen LogP contribution in [0.3, 0.4) is 0 Å². The number of rotatable bonds is 7. The number of hydrogen-bond acceptors (Lipinski definition) is 0. The van der Waals surface area contributed by atoms with Crippen LogP contribution in [-0.2, 0) is 0 Å². The lowest BCUT2D eigenvalue weighted by Crippen LogP contribution is -2.17. The summed E-state index contributed by atoms with van der Waals surface area (Å²) < 4.78 is 0. The predicted molar refractivity (Wildman–Crippen MR) is 70.6 cm³/mol. The largest absolute Gasteiger partial charge is 0.347 e. The highest BCUT2D eigenvalue weighted by molar-refractivity contribution is 7.65. The summed E-state index contributed by atoms with van der Waals surface area (Å²) in [6.45, 7) is 4.18. The first-order valence-electron chi connectivity index (χ1n) is 5.21. The van der Waals surface area contributed by atoms with Crippen molar-refractivity contribution in [3.05, 3.63) is 12.2 Å². The Balaban J connectivity index is 3.87. The molecule has 14 heavy (non-hydrogen) atoms. The van der Waals surface area contributed by atoms with Crippen LogP contribution in [-0.4, -0.2) is 6.00 Å². The van der Waals surface area contributed by atoms with E-state index in [0.29, 0.717) is 0 Å². The van der Waals surface area contributed by atoms with Crippen molar-refractivity contribution >= 4 is 39.2 Å². The van der Waals surface area contributed by atoms with Crippen molar-refractivity contribution in [2.45, 2.75) is 51.5 Å². The SMILES string of the molecule is C/C=C/[C@H](CCCCCC)[Si](Cl)(Cl)Cl. The first kappa shape index (κ1) is 14.8. The lowest BCUT2D eigenvalue weighted by Gasteiger charge is -2.18. The van der Waals surface area contributed by atoms with Gasteiger partial charge in [0.1, 0.15) is 0 Å². The molecule has 0 rings (SSSR count). The highest BCUT2D eigenvalue weighted by Crippen LogP contribution is 2.38. The molecule has 0 radical (unpaired) electrons. The van der Waals surface area contributed by atoms with Gasteiger partial charge in [-0.2, -0.15) is 0 Å². The first-order chi connectivity index (χ1) is 6.52. The molecular formula is C10H19Cl3Si. The maximum Gasteiger partial charge on any atom is 0.347 e. The van der Waals surface area contributed by atoms with Crippen LogP contribution in [0.25, 0.3) is 0 Å². The van der Waals surface area contributed by atoms with E-state index < -0.39 is 6.00 Å². The van der Waals surface area contributed by atoms with Gasteiger partial charge < -0.3 is 0 Å². The van der Waals surface area contributed by atoms with E-state index in [0.717, 1.165) is 6.42 Å². The Morgan fingerprint density at radius 2 is 1.79 bits per heavy atom. The van der Waals surface area contributed by atoms with E-state index >= 15 is 0 Å². The second-order valence-electron chi connectivity index (χ2n) is 3.52. The molecule has 0 aromatic carbocycles. The molecule has 0 unspecified atom stereocenters. The monoisotopic (exact) mass is 272 g/mol. The van der Waals surface area contributed by atoms with Crippen molar-refractivity contribution < 1.29 is 0 Å². The van der Waals surface area contributed by atoms with E-state index in [9.17, 15) is 0 Å². The smallest absolute Gasteiger partial charge is 0.125 e. The fourth-order valence-corrected chi connectivity index (χ4v) is 3.97. The van der Waals surface area contributed by atoms with Crippen LogP contribution in [0.4, 0.5) is 0 Å². The van der Waals surface area contributed by atoms with Crippen molar-refractivity contribution in [1.82, 2.24) is 0 Å². The normalized spacial score (nSPS) is 14.9. The summed E-state index contributed by atoms with van der Waals surface area (Å²) in [5.41, 5.74) is 0.189. The second-order valence-corrected chi connectivity index (χ2v) is 12.5. The molecule has 1 atom stereocenters. The Kier molecular flexibility index (Phi) is 8.51. The molecule has 84 valence electrons. The average molecular weight is 274 g/mol. The van der Waals surface area contributed by atoms with Crippen LogP contribution >= 0.6 is 33.2 Å². The van der Waals surface area contributed by atoms with Gasteiger partial charge in [-0.15, -0.1) is 33.2 Å². The second kappa shape index (κ2) is 8.03. The number of unbranched alkanes of at least 4 members (excludes halogenated alkanes) is 3. The molecule has 0 aliphatic rings. The summed E-state index contributed by atoms with van der Waals surface area (Å²) in [6, 6.07) is -2.54. The van der Waals surface area contributed by atoms with Gasteiger partial charge in [0.05, 0.1) is 0 Å². The fourth-order valence-electron chi connectivity index (χ4n) is 1.39. The molecule has 0 aromatic rings. The summed E-state index contributed by atoms with van der Waals surface area (Å²) in [5.74, 6) is 0. The van der Waals surface area contributed by atoms with Crippen molar-refractivity contribution in [3.8, 4) is 0 Å². The Morgan fingerprint density at radius 3 is 2.21 bits per heavy atom. The summed E-state index contributed by atoms with van der Waals surface area (Å²) >= 11 is 18.0. The third-order valence-electron chi connectivity index (χ3n) is 2.21. The van der Waals surface area contributed by atoms with Gasteiger partial charge in [0, 0.05) is 5.54 Å². The van der Waals surface area contributed by atoms with Crippen molar-refractivity contribution in [1.29, 1.82) is 0 Å². The zero-order chi connectivity index (χ0) is 11.0. The van der Waals surface area contributed by atoms with Crippen LogP contribution in [0, 0.1) is 0 Å². The van der Waals surface area contributed by atoms with Gasteiger partial charge >= 0.3 is 6.00 Å². The zero-order valence-electron chi connectivity index (χ0n) is 8.90. The molecule has 0 aliphatic carbocycles. The highest BCUT2D eigenvalue weighted by atomic mass is 35.8. The molecule has 0 nitrogen and oxygen atoms in total. The molecule has 0 fully saturated rings. The van der Waals surface area contributed by atoms with Gasteiger partial charge in [0.15, 0.2) is 0 Å². The van der Waals surface area contributed by atoms with Crippen molar-refractivity contribution in [2.24, 2.45) is 0 Å². The molecule has 0 saturated carbocycles. The minimum absolute atomic E-state index is 0.189. The molecule has 0 N–H and O–H groups in total. The van der Waals surface area contributed by atoms with E-state index in [1.54, 1.807) is 0 Å². The molecule has 0 amide bonds. The molecule has 0 aliphatic heterocycles. The standard InChI is InChI=1S/C10H19Cl3Si/c1-3-5-6-7-9-10(8-4-2)14(11,12)13/h4,8,10H,3,5-7,9H2,1-2H3/b8-4+/t10-/m1/s1. The van der Waals surface area contributed by atoms with E-state index in [2.05, 4.69) is 6.92 Å². The Morgan fingerprint density at radius 1 is 1.14 bits per heavy atom. The lowest BCUT2D eigenvalue weighted by atomic mass is 10.1. The van der Waals surface area contributed by atoms with E-state index in [1.807, 2.05) is 19.1 Å². The average Bonchev–Trinajstić information content (AvgIpc) is 2.08. The van der Waals surface area contributed by atoms with E-state index in [1.165, 1.54) is 25.7 Å². The lowest BCUT2D eigenvalue weighted by molar-refractivity contribution is 0.635. The fraction of sp³-hybridized carbons (Fsp3) is 0.800. The number of halogens is 3. The molecule has 0 spiro atoms. The molecule has 0 saturated heterocycles. The summed E-state index contributed by atoms with van der Waals surface area (Å²) in [7, 11) is 0. The Labute approximate surface area is 103 Å². The molecular weight excluding hydrogens is 255 g/mol. The van der Waals surface area contributed by atoms with Crippen LogP contribution in [0.15, 0.2) is 12.2 Å². The third-order valence-corrected chi connectivity index (χ3v) is 6.06. The van der Waals surface area contributed by atoms with E-state index in [4.69, 9.17) is 33.2 Å².